The van der Waals surface area contributed by atoms with Crippen LogP contribution in [-0.2, 0) is 0 Å². The molecule has 0 aliphatic heterocycles. The normalized spacial score (nSPS) is 7.90. The summed E-state index contributed by atoms with van der Waals surface area (Å²) in [4.78, 5) is 8.77. The van der Waals surface area contributed by atoms with Gasteiger partial charge in [0.25, 0.3) is 0 Å². The molecular weight excluding hydrogens is 314 g/mol. The van der Waals surface area contributed by atoms with E-state index in [1.165, 1.54) is 5.56 Å². The summed E-state index contributed by atoms with van der Waals surface area (Å²) in [7, 11) is 0. The summed E-state index contributed by atoms with van der Waals surface area (Å²) in [6.07, 6.45) is 0. The molecule has 5 nitrogen and oxygen atoms in total. The second-order valence-electron chi connectivity index (χ2n) is 4.30. The van der Waals surface area contributed by atoms with E-state index in [-0.39, 0.29) is 53.0 Å². The molecule has 114 valence electrons. The second-order valence-corrected chi connectivity index (χ2v) is 4.63. The fourth-order valence-corrected chi connectivity index (χ4v) is 0.534. The molecule has 0 aromatic heterocycles. The quantitative estimate of drug-likeness (QED) is 0.275. The Hall–Kier alpha value is 0.150. The third-order valence-electron chi connectivity index (χ3n) is 1.37. The van der Waals surface area contributed by atoms with Crippen molar-refractivity contribution < 1.29 is 44.9 Å². The van der Waals surface area contributed by atoms with Crippen molar-refractivity contribution in [1.82, 2.24) is 5.43 Å². The maximum atomic E-state index is 8.77. The first kappa shape index (κ1) is 32.2. The van der Waals surface area contributed by atoms with Crippen molar-refractivity contribution in [3.8, 4) is 0 Å². The summed E-state index contributed by atoms with van der Waals surface area (Å²) < 4.78 is 0. The average molecular weight is 337 g/mol. The summed E-state index contributed by atoms with van der Waals surface area (Å²) in [5.41, 5.74) is 2.63. The number of aryl methyl sites for hydroxylation is 1. The molecule has 20 heavy (non-hydrogen) atoms. The predicted octanol–water partition coefficient (Wildman–Crippen LogP) is 0.395. The summed E-state index contributed by atoms with van der Waals surface area (Å²) in [6, 6.07) is 10.3. The third kappa shape index (κ3) is 42.9. The van der Waals surface area contributed by atoms with E-state index in [9.17, 15) is 0 Å². The Balaban J connectivity index is -0.0000000542. The molecule has 1 rings (SSSR count). The fourth-order valence-electron chi connectivity index (χ4n) is 0.534. The van der Waals surface area contributed by atoms with Gasteiger partial charge in [-0.1, -0.05) is 35.9 Å². The molecule has 0 aliphatic carbocycles. The molecular formula is C12H23Cl2N2NaO3. The van der Waals surface area contributed by atoms with Crippen LogP contribution in [0.4, 0.5) is 4.79 Å². The first-order valence-electron chi connectivity index (χ1n) is 5.07. The number of hydrogen-bond acceptors (Lipinski definition) is 4. The van der Waals surface area contributed by atoms with Gasteiger partial charge in [0.2, 0.25) is 0 Å². The van der Waals surface area contributed by atoms with Crippen molar-refractivity contribution in [3.63, 3.8) is 0 Å². The topological polar surface area (TPSA) is 105 Å². The first-order chi connectivity index (χ1) is 7.69. The van der Waals surface area contributed by atoms with Crippen molar-refractivity contribution in [2.45, 2.75) is 33.2 Å². The van der Waals surface area contributed by atoms with E-state index in [1.807, 2.05) is 39.0 Å². The molecule has 0 fully saturated rings. The van der Waals surface area contributed by atoms with Crippen LogP contribution < -0.4 is 40.8 Å². The minimum atomic E-state index is -1.36. The van der Waals surface area contributed by atoms with Crippen molar-refractivity contribution in [2.75, 3.05) is 0 Å². The van der Waals surface area contributed by atoms with Gasteiger partial charge in [-0.3, -0.25) is 11.3 Å². The molecule has 8 heteroatoms. The van der Waals surface area contributed by atoms with Gasteiger partial charge in [-0.25, -0.2) is 4.79 Å². The van der Waals surface area contributed by atoms with Crippen LogP contribution in [0.2, 0.25) is 0 Å². The standard InChI is InChI=1S/C7H8.C4H12N2.CHClO2.ClH.Na.H2O/c1-7-5-3-2-4-6-7;1-4(2,3)6-5;2-1(3)4;;;/h2-6H,1H3;6H,5H2,1-3H3;(H,3,4);1H;;1H2/q;;;;+1;/p-1. The van der Waals surface area contributed by atoms with Gasteiger partial charge < -0.3 is 10.6 Å². The minimum Gasteiger partial charge on any atom is -0.870 e. The van der Waals surface area contributed by atoms with Gasteiger partial charge in [0.1, 0.15) is 0 Å². The van der Waals surface area contributed by atoms with Crippen LogP contribution in [0.5, 0.6) is 0 Å². The number of carboxylic acid groups (broad SMARTS) is 1. The molecule has 0 spiro atoms. The van der Waals surface area contributed by atoms with Crippen LogP contribution in [0.25, 0.3) is 0 Å². The summed E-state index contributed by atoms with van der Waals surface area (Å²) in [5.74, 6) is 5.06. The third-order valence-corrected chi connectivity index (χ3v) is 1.37. The van der Waals surface area contributed by atoms with E-state index in [4.69, 9.17) is 15.7 Å². The SMILES string of the molecule is CC(C)(C)NN.Cc1ccccc1.Cl.O=C(O)Cl.[Na+].[OH-]. The number of nitrogens with one attached hydrogen (secondary N) is 1. The van der Waals surface area contributed by atoms with Crippen molar-refractivity contribution in [3.05, 3.63) is 35.9 Å². The minimum absolute atomic E-state index is 0. The maximum Gasteiger partial charge on any atom is 1.00 e. The summed E-state index contributed by atoms with van der Waals surface area (Å²) in [5, 5.41) is 7.18. The van der Waals surface area contributed by atoms with E-state index in [2.05, 4.69) is 36.1 Å². The van der Waals surface area contributed by atoms with Gasteiger partial charge in [-0.15, -0.1) is 12.4 Å². The number of benzene rings is 1. The predicted molar refractivity (Wildman–Crippen MR) is 81.3 cm³/mol. The molecule has 1 aromatic carbocycles. The largest absolute Gasteiger partial charge is 1.00 e. The van der Waals surface area contributed by atoms with Crippen LogP contribution >= 0.6 is 24.0 Å². The maximum absolute atomic E-state index is 8.77. The van der Waals surface area contributed by atoms with Crippen molar-refractivity contribution in [1.29, 1.82) is 0 Å². The van der Waals surface area contributed by atoms with Crippen LogP contribution in [0, 0.1) is 6.92 Å². The molecule has 0 radical (unpaired) electrons. The molecule has 1 aromatic rings. The molecule has 0 heterocycles. The number of carbonyl (C=O) groups is 1. The Morgan fingerprint density at radius 1 is 1.25 bits per heavy atom. The molecule has 0 unspecified atom stereocenters. The van der Waals surface area contributed by atoms with E-state index >= 15 is 0 Å². The zero-order chi connectivity index (χ0) is 13.9. The molecule has 0 atom stereocenters. The molecule has 0 saturated heterocycles. The smallest absolute Gasteiger partial charge is 0.870 e. The average Bonchev–Trinajstić information content (AvgIpc) is 2.18. The van der Waals surface area contributed by atoms with Crippen LogP contribution in [0.3, 0.4) is 0 Å². The van der Waals surface area contributed by atoms with Gasteiger partial charge >= 0.3 is 35.0 Å². The zero-order valence-corrected chi connectivity index (χ0v) is 16.1. The number of halogens is 2. The van der Waals surface area contributed by atoms with E-state index in [1.54, 1.807) is 0 Å². The number of nitrogens with two attached hydrogens (primary N) is 1. The van der Waals surface area contributed by atoms with Gasteiger partial charge in [0, 0.05) is 17.1 Å². The Morgan fingerprint density at radius 3 is 1.60 bits per heavy atom. The number of rotatable bonds is 0. The second kappa shape index (κ2) is 19.1. The number of hydrogen-bond donors (Lipinski definition) is 3. The Labute approximate surface area is 154 Å². The van der Waals surface area contributed by atoms with E-state index in [0.717, 1.165) is 0 Å². The van der Waals surface area contributed by atoms with Crippen LogP contribution in [-0.4, -0.2) is 21.6 Å². The van der Waals surface area contributed by atoms with Gasteiger partial charge in [0.05, 0.1) is 0 Å². The Morgan fingerprint density at radius 2 is 1.50 bits per heavy atom. The van der Waals surface area contributed by atoms with Gasteiger partial charge in [-0.05, 0) is 27.7 Å². The summed E-state index contributed by atoms with van der Waals surface area (Å²) in [6.45, 7) is 8.10. The summed E-state index contributed by atoms with van der Waals surface area (Å²) >= 11 is 4.19. The molecule has 0 saturated carbocycles. The van der Waals surface area contributed by atoms with Crippen LogP contribution in [0.1, 0.15) is 26.3 Å². The molecule has 5 N–H and O–H groups in total. The van der Waals surface area contributed by atoms with Crippen molar-refractivity contribution >= 4 is 29.4 Å². The van der Waals surface area contributed by atoms with Crippen LogP contribution in [0.15, 0.2) is 30.3 Å². The molecule has 0 bridgehead atoms. The monoisotopic (exact) mass is 336 g/mol. The first-order valence-corrected chi connectivity index (χ1v) is 5.44. The Bertz CT molecular complexity index is 305. The fraction of sp³-hybridized carbons (Fsp3) is 0.417. The van der Waals surface area contributed by atoms with Gasteiger partial charge in [0.15, 0.2) is 0 Å². The van der Waals surface area contributed by atoms with E-state index in [0.29, 0.717) is 0 Å². The number of hydrazine groups is 1. The molecule has 0 amide bonds. The van der Waals surface area contributed by atoms with E-state index < -0.39 is 5.43 Å². The Kier molecular flexibility index (Phi) is 30.8. The zero-order valence-electron chi connectivity index (χ0n) is 12.6. The molecule has 0 aliphatic rings. The van der Waals surface area contributed by atoms with Gasteiger partial charge in [-0.2, -0.15) is 0 Å². The van der Waals surface area contributed by atoms with Crippen molar-refractivity contribution in [2.24, 2.45) is 5.84 Å².